The number of alkyl halides is 3. The summed E-state index contributed by atoms with van der Waals surface area (Å²) in [5.74, 6) is -0.994. The van der Waals surface area contributed by atoms with Crippen molar-refractivity contribution >= 4 is 28.9 Å². The van der Waals surface area contributed by atoms with Gasteiger partial charge in [-0.05, 0) is 24.3 Å². The molecule has 1 aromatic carbocycles. The Bertz CT molecular complexity index is 890. The molecule has 29 heavy (non-hydrogen) atoms. The summed E-state index contributed by atoms with van der Waals surface area (Å²) in [7, 11) is 0. The SMILES string of the molecule is O=C(CCNc1ccc(C(F)(F)F)cc1[N+](=O)[O-])NCC(=O)Nc1cccnc1. The van der Waals surface area contributed by atoms with E-state index in [4.69, 9.17) is 0 Å². The van der Waals surface area contributed by atoms with E-state index in [1.807, 2.05) is 0 Å². The molecule has 2 amide bonds. The van der Waals surface area contributed by atoms with Gasteiger partial charge in [-0.3, -0.25) is 24.7 Å². The van der Waals surface area contributed by atoms with E-state index in [1.165, 1.54) is 12.4 Å². The average Bonchev–Trinajstić information content (AvgIpc) is 2.66. The number of hydrogen-bond donors (Lipinski definition) is 3. The summed E-state index contributed by atoms with van der Waals surface area (Å²) >= 11 is 0. The van der Waals surface area contributed by atoms with Crippen LogP contribution in [0.3, 0.4) is 0 Å². The number of halogens is 3. The van der Waals surface area contributed by atoms with Crippen LogP contribution in [0, 0.1) is 10.1 Å². The molecule has 0 fully saturated rings. The summed E-state index contributed by atoms with van der Waals surface area (Å²) in [5, 5.41) is 18.4. The van der Waals surface area contributed by atoms with Crippen LogP contribution in [0.1, 0.15) is 12.0 Å². The molecule has 0 unspecified atom stereocenters. The molecule has 1 aromatic heterocycles. The van der Waals surface area contributed by atoms with Gasteiger partial charge in [0.1, 0.15) is 5.69 Å². The molecule has 0 saturated carbocycles. The third kappa shape index (κ3) is 6.75. The van der Waals surface area contributed by atoms with Crippen LogP contribution in [0.15, 0.2) is 42.7 Å². The van der Waals surface area contributed by atoms with Gasteiger partial charge in [-0.15, -0.1) is 0 Å². The molecule has 1 heterocycles. The molecule has 0 saturated heterocycles. The number of rotatable bonds is 8. The zero-order valence-corrected chi connectivity index (χ0v) is 14.8. The fourth-order valence-electron chi connectivity index (χ4n) is 2.23. The number of amides is 2. The van der Waals surface area contributed by atoms with Crippen molar-refractivity contribution in [2.45, 2.75) is 12.6 Å². The largest absolute Gasteiger partial charge is 0.416 e. The van der Waals surface area contributed by atoms with Crippen LogP contribution in [0.2, 0.25) is 0 Å². The van der Waals surface area contributed by atoms with Crippen molar-refractivity contribution in [3.8, 4) is 0 Å². The van der Waals surface area contributed by atoms with E-state index in [1.54, 1.807) is 12.1 Å². The van der Waals surface area contributed by atoms with Crippen LogP contribution in [0.4, 0.5) is 30.2 Å². The van der Waals surface area contributed by atoms with Crippen molar-refractivity contribution in [1.82, 2.24) is 10.3 Å². The lowest BCUT2D eigenvalue weighted by atomic mass is 10.1. The second-order valence-electron chi connectivity index (χ2n) is 5.73. The molecular formula is C17H16F3N5O4. The number of nitrogens with one attached hydrogen (secondary N) is 3. The second-order valence-corrected chi connectivity index (χ2v) is 5.73. The summed E-state index contributed by atoms with van der Waals surface area (Å²) in [4.78, 5) is 37.3. The van der Waals surface area contributed by atoms with E-state index in [0.29, 0.717) is 17.8 Å². The fourth-order valence-corrected chi connectivity index (χ4v) is 2.23. The number of anilines is 2. The molecule has 0 aliphatic carbocycles. The predicted molar refractivity (Wildman–Crippen MR) is 97.1 cm³/mol. The summed E-state index contributed by atoms with van der Waals surface area (Å²) in [6.45, 7) is -0.379. The van der Waals surface area contributed by atoms with Gasteiger partial charge >= 0.3 is 6.18 Å². The third-order valence-corrected chi connectivity index (χ3v) is 3.58. The highest BCUT2D eigenvalue weighted by molar-refractivity contribution is 5.94. The van der Waals surface area contributed by atoms with Crippen LogP contribution in [0.25, 0.3) is 0 Å². The number of aromatic nitrogens is 1. The maximum atomic E-state index is 12.7. The maximum absolute atomic E-state index is 12.7. The minimum atomic E-state index is -4.71. The Morgan fingerprint density at radius 3 is 2.55 bits per heavy atom. The van der Waals surface area contributed by atoms with E-state index < -0.39 is 34.2 Å². The average molecular weight is 411 g/mol. The van der Waals surface area contributed by atoms with Gasteiger partial charge in [-0.2, -0.15) is 13.2 Å². The van der Waals surface area contributed by atoms with Gasteiger partial charge in [0.15, 0.2) is 0 Å². The van der Waals surface area contributed by atoms with Gasteiger partial charge < -0.3 is 16.0 Å². The van der Waals surface area contributed by atoms with Gasteiger partial charge in [-0.25, -0.2) is 0 Å². The minimum Gasteiger partial charge on any atom is -0.379 e. The Morgan fingerprint density at radius 1 is 1.17 bits per heavy atom. The molecule has 2 rings (SSSR count). The van der Waals surface area contributed by atoms with Crippen LogP contribution < -0.4 is 16.0 Å². The van der Waals surface area contributed by atoms with E-state index in [0.717, 1.165) is 6.07 Å². The molecule has 0 aliphatic rings. The lowest BCUT2D eigenvalue weighted by Gasteiger charge is -2.11. The Hall–Kier alpha value is -3.70. The number of carbonyl (C=O) groups excluding carboxylic acids is 2. The number of nitro groups is 1. The molecule has 0 spiro atoms. The summed E-state index contributed by atoms with van der Waals surface area (Å²) in [5.41, 5.74) is -1.59. The molecule has 12 heteroatoms. The zero-order valence-electron chi connectivity index (χ0n) is 14.8. The molecule has 3 N–H and O–H groups in total. The molecular weight excluding hydrogens is 395 g/mol. The van der Waals surface area contributed by atoms with Crippen LogP contribution in [-0.2, 0) is 15.8 Å². The molecule has 0 bridgehead atoms. The number of benzene rings is 1. The lowest BCUT2D eigenvalue weighted by molar-refractivity contribution is -0.384. The highest BCUT2D eigenvalue weighted by Gasteiger charge is 2.33. The Balaban J connectivity index is 1.82. The van der Waals surface area contributed by atoms with Gasteiger partial charge in [0.2, 0.25) is 11.8 Å². The monoisotopic (exact) mass is 411 g/mol. The first-order valence-corrected chi connectivity index (χ1v) is 8.23. The third-order valence-electron chi connectivity index (χ3n) is 3.58. The highest BCUT2D eigenvalue weighted by Crippen LogP contribution is 2.34. The summed E-state index contributed by atoms with van der Waals surface area (Å²) < 4.78 is 38.0. The van der Waals surface area contributed by atoms with Crippen LogP contribution in [-0.4, -0.2) is 34.8 Å². The van der Waals surface area contributed by atoms with Crippen molar-refractivity contribution in [2.75, 3.05) is 23.7 Å². The lowest BCUT2D eigenvalue weighted by Crippen LogP contribution is -2.33. The predicted octanol–water partition coefficient (Wildman–Crippen LogP) is 2.57. The number of nitro benzene ring substituents is 1. The number of hydrogen-bond acceptors (Lipinski definition) is 6. The van der Waals surface area contributed by atoms with Crippen molar-refractivity contribution < 1.29 is 27.7 Å². The van der Waals surface area contributed by atoms with Gasteiger partial charge in [0.05, 0.1) is 28.9 Å². The van der Waals surface area contributed by atoms with Crippen molar-refractivity contribution in [3.63, 3.8) is 0 Å². The molecule has 2 aromatic rings. The Kier molecular flexibility index (Phi) is 7.06. The molecule has 0 aliphatic heterocycles. The van der Waals surface area contributed by atoms with Crippen molar-refractivity contribution in [3.05, 3.63) is 58.4 Å². The Labute approximate surface area is 162 Å². The van der Waals surface area contributed by atoms with Crippen LogP contribution in [0.5, 0.6) is 0 Å². The smallest absolute Gasteiger partial charge is 0.379 e. The van der Waals surface area contributed by atoms with Crippen molar-refractivity contribution in [2.24, 2.45) is 0 Å². The summed E-state index contributed by atoms with van der Waals surface area (Å²) in [6.07, 6.45) is -1.90. The molecule has 9 nitrogen and oxygen atoms in total. The van der Waals surface area contributed by atoms with Crippen molar-refractivity contribution in [1.29, 1.82) is 0 Å². The zero-order chi connectivity index (χ0) is 21.4. The van der Waals surface area contributed by atoms with Gasteiger partial charge in [-0.1, -0.05) is 0 Å². The van der Waals surface area contributed by atoms with Crippen LogP contribution >= 0.6 is 0 Å². The summed E-state index contributed by atoms with van der Waals surface area (Å²) in [6, 6.07) is 5.30. The van der Waals surface area contributed by atoms with E-state index >= 15 is 0 Å². The van der Waals surface area contributed by atoms with E-state index in [2.05, 4.69) is 20.9 Å². The van der Waals surface area contributed by atoms with E-state index in [9.17, 15) is 32.9 Å². The van der Waals surface area contributed by atoms with Gasteiger partial charge in [0, 0.05) is 25.2 Å². The standard InChI is InChI=1S/C17H16F3N5O4/c18-17(19,20)11-3-4-13(14(8-11)25(28)29)22-7-5-15(26)23-10-16(27)24-12-2-1-6-21-9-12/h1-4,6,8-9,22H,5,7,10H2,(H,23,26)(H,24,27). The first-order chi connectivity index (χ1) is 13.7. The number of nitrogens with zero attached hydrogens (tertiary/aromatic N) is 2. The van der Waals surface area contributed by atoms with E-state index in [-0.39, 0.29) is 25.2 Å². The fraction of sp³-hybridized carbons (Fsp3) is 0.235. The Morgan fingerprint density at radius 2 is 1.93 bits per heavy atom. The normalized spacial score (nSPS) is 10.9. The number of carbonyl (C=O) groups is 2. The maximum Gasteiger partial charge on any atom is 0.416 e. The first-order valence-electron chi connectivity index (χ1n) is 8.23. The molecule has 154 valence electrons. The molecule has 0 atom stereocenters. The first kappa shape index (κ1) is 21.6. The highest BCUT2D eigenvalue weighted by atomic mass is 19.4. The second kappa shape index (κ2) is 9.48. The number of pyridine rings is 1. The quantitative estimate of drug-likeness (QED) is 0.453. The topological polar surface area (TPSA) is 126 Å². The minimum absolute atomic E-state index is 0.0811. The van der Waals surface area contributed by atoms with Gasteiger partial charge in [0.25, 0.3) is 5.69 Å². The molecule has 0 radical (unpaired) electrons.